The van der Waals surface area contributed by atoms with Crippen LogP contribution in [0.1, 0.15) is 39.5 Å². The first-order valence-electron chi connectivity index (χ1n) is 7.41. The quantitative estimate of drug-likeness (QED) is 0.711. The van der Waals surface area contributed by atoms with Gasteiger partial charge in [-0.1, -0.05) is 56.3 Å². The summed E-state index contributed by atoms with van der Waals surface area (Å²) < 4.78 is 5.40. The molecule has 0 aromatic heterocycles. The smallest absolute Gasteiger partial charge is 0.257 e. The van der Waals surface area contributed by atoms with E-state index in [1.807, 2.05) is 0 Å². The van der Waals surface area contributed by atoms with Crippen LogP contribution in [-0.4, -0.2) is 19.1 Å². The van der Waals surface area contributed by atoms with Crippen molar-refractivity contribution in [2.24, 2.45) is 5.92 Å². The van der Waals surface area contributed by atoms with Crippen molar-refractivity contribution in [2.75, 3.05) is 13.2 Å². The number of nitrogens with one attached hydrogen (secondary N) is 1. The van der Waals surface area contributed by atoms with Crippen LogP contribution in [0.3, 0.4) is 0 Å². The lowest BCUT2D eigenvalue weighted by Gasteiger charge is -2.15. The number of carbonyl (C=O) groups excluding carboxylic acids is 1. The van der Waals surface area contributed by atoms with Gasteiger partial charge in [0, 0.05) is 11.6 Å². The summed E-state index contributed by atoms with van der Waals surface area (Å²) in [5, 5.41) is 3.86. The van der Waals surface area contributed by atoms with Crippen LogP contribution in [0.15, 0.2) is 18.2 Å². The number of amides is 1. The first-order chi connectivity index (χ1) is 10.1. The maximum absolute atomic E-state index is 11.8. The third kappa shape index (κ3) is 7.05. The highest BCUT2D eigenvalue weighted by molar-refractivity contribution is 6.35. The predicted octanol–water partition coefficient (Wildman–Crippen LogP) is 4.70. The number of rotatable bonds is 9. The zero-order valence-corrected chi connectivity index (χ0v) is 14.1. The molecule has 5 heteroatoms. The molecular weight excluding hydrogens is 309 g/mol. The number of ether oxygens (including phenoxy) is 1. The van der Waals surface area contributed by atoms with Gasteiger partial charge < -0.3 is 10.1 Å². The summed E-state index contributed by atoms with van der Waals surface area (Å²) in [6.07, 6.45) is 4.61. The summed E-state index contributed by atoms with van der Waals surface area (Å²) in [7, 11) is 0. The Morgan fingerprint density at radius 3 is 2.71 bits per heavy atom. The molecule has 1 atom stereocenters. The van der Waals surface area contributed by atoms with Crippen molar-refractivity contribution in [3.8, 4) is 5.75 Å². The number of carbonyl (C=O) groups is 1. The van der Waals surface area contributed by atoms with Crippen molar-refractivity contribution < 1.29 is 9.53 Å². The van der Waals surface area contributed by atoms with E-state index in [1.165, 1.54) is 12.8 Å². The van der Waals surface area contributed by atoms with Crippen molar-refractivity contribution in [1.29, 1.82) is 0 Å². The molecule has 3 nitrogen and oxygen atoms in total. The zero-order valence-electron chi connectivity index (χ0n) is 12.6. The number of unbranched alkanes of at least 4 members (excludes halogenated alkanes) is 1. The Balaban J connectivity index is 2.33. The number of hydrogen-bond donors (Lipinski definition) is 1. The SMILES string of the molecule is CCCC[C@@H](CC)CNC(=O)COc1ccc(Cl)cc1Cl. The fourth-order valence-electron chi connectivity index (χ4n) is 1.99. The van der Waals surface area contributed by atoms with E-state index >= 15 is 0 Å². The third-order valence-electron chi connectivity index (χ3n) is 3.38. The van der Waals surface area contributed by atoms with E-state index in [0.29, 0.717) is 28.3 Å². The van der Waals surface area contributed by atoms with Crippen molar-refractivity contribution >= 4 is 29.1 Å². The average Bonchev–Trinajstić information content (AvgIpc) is 2.46. The van der Waals surface area contributed by atoms with Gasteiger partial charge in [0.05, 0.1) is 5.02 Å². The molecule has 1 rings (SSSR count). The molecule has 0 aliphatic carbocycles. The Hall–Kier alpha value is -0.930. The summed E-state index contributed by atoms with van der Waals surface area (Å²) in [4.78, 5) is 11.8. The second-order valence-electron chi connectivity index (χ2n) is 5.08. The van der Waals surface area contributed by atoms with E-state index in [4.69, 9.17) is 27.9 Å². The normalized spacial score (nSPS) is 12.0. The van der Waals surface area contributed by atoms with Crippen LogP contribution < -0.4 is 10.1 Å². The van der Waals surface area contributed by atoms with Crippen LogP contribution in [-0.2, 0) is 4.79 Å². The molecule has 0 unspecified atom stereocenters. The lowest BCUT2D eigenvalue weighted by Crippen LogP contribution is -2.33. The van der Waals surface area contributed by atoms with E-state index in [9.17, 15) is 4.79 Å². The third-order valence-corrected chi connectivity index (χ3v) is 3.91. The van der Waals surface area contributed by atoms with Crippen LogP contribution in [0.4, 0.5) is 0 Å². The van der Waals surface area contributed by atoms with E-state index in [-0.39, 0.29) is 12.5 Å². The highest BCUT2D eigenvalue weighted by Crippen LogP contribution is 2.27. The van der Waals surface area contributed by atoms with Crippen molar-refractivity contribution in [3.05, 3.63) is 28.2 Å². The van der Waals surface area contributed by atoms with Gasteiger partial charge in [-0.15, -0.1) is 0 Å². The molecule has 0 bridgehead atoms. The second-order valence-corrected chi connectivity index (χ2v) is 5.93. The molecule has 0 saturated carbocycles. The lowest BCUT2D eigenvalue weighted by atomic mass is 9.99. The van der Waals surface area contributed by atoms with Gasteiger partial charge in [0.25, 0.3) is 5.91 Å². The Morgan fingerprint density at radius 1 is 1.33 bits per heavy atom. The van der Waals surface area contributed by atoms with Crippen molar-refractivity contribution in [2.45, 2.75) is 39.5 Å². The monoisotopic (exact) mass is 331 g/mol. The number of halogens is 2. The lowest BCUT2D eigenvalue weighted by molar-refractivity contribution is -0.123. The van der Waals surface area contributed by atoms with Crippen molar-refractivity contribution in [1.82, 2.24) is 5.32 Å². The summed E-state index contributed by atoms with van der Waals surface area (Å²) in [5.41, 5.74) is 0. The van der Waals surface area contributed by atoms with E-state index in [2.05, 4.69) is 19.2 Å². The van der Waals surface area contributed by atoms with Gasteiger partial charge in [-0.3, -0.25) is 4.79 Å². The summed E-state index contributed by atoms with van der Waals surface area (Å²) in [6, 6.07) is 4.93. The standard InChI is InChI=1S/C16H23Cl2NO2/c1-3-5-6-12(4-2)10-19-16(20)11-21-15-8-7-13(17)9-14(15)18/h7-9,12H,3-6,10-11H2,1-2H3,(H,19,20)/t12-/m1/s1. The van der Waals surface area contributed by atoms with Gasteiger partial charge in [-0.25, -0.2) is 0 Å². The van der Waals surface area contributed by atoms with Gasteiger partial charge >= 0.3 is 0 Å². The Kier molecular flexibility index (Phi) is 8.55. The molecule has 21 heavy (non-hydrogen) atoms. The minimum absolute atomic E-state index is 0.0361. The molecule has 0 fully saturated rings. The van der Waals surface area contributed by atoms with E-state index in [1.54, 1.807) is 18.2 Å². The highest BCUT2D eigenvalue weighted by Gasteiger charge is 2.10. The first-order valence-corrected chi connectivity index (χ1v) is 8.16. The summed E-state index contributed by atoms with van der Waals surface area (Å²) in [5.74, 6) is 0.873. The van der Waals surface area contributed by atoms with Crippen LogP contribution in [0.5, 0.6) is 5.75 Å². The van der Waals surface area contributed by atoms with E-state index < -0.39 is 0 Å². The number of hydrogen-bond acceptors (Lipinski definition) is 2. The topological polar surface area (TPSA) is 38.3 Å². The highest BCUT2D eigenvalue weighted by atomic mass is 35.5. The van der Waals surface area contributed by atoms with Gasteiger partial charge in [0.1, 0.15) is 5.75 Å². The molecular formula is C16H23Cl2NO2. The molecule has 1 aromatic rings. The molecule has 1 N–H and O–H groups in total. The Bertz CT molecular complexity index is 452. The summed E-state index contributed by atoms with van der Waals surface area (Å²) in [6.45, 7) is 4.99. The molecule has 0 aliphatic rings. The van der Waals surface area contributed by atoms with Crippen LogP contribution in [0.25, 0.3) is 0 Å². The molecule has 0 spiro atoms. The Morgan fingerprint density at radius 2 is 2.10 bits per heavy atom. The molecule has 1 aromatic carbocycles. The van der Waals surface area contributed by atoms with Crippen molar-refractivity contribution in [3.63, 3.8) is 0 Å². The number of benzene rings is 1. The van der Waals surface area contributed by atoms with Crippen LogP contribution >= 0.6 is 23.2 Å². The molecule has 0 aliphatic heterocycles. The first kappa shape index (κ1) is 18.1. The van der Waals surface area contributed by atoms with E-state index in [0.717, 1.165) is 12.8 Å². The minimum atomic E-state index is -0.129. The van der Waals surface area contributed by atoms with Gasteiger partial charge in [-0.2, -0.15) is 0 Å². The summed E-state index contributed by atoms with van der Waals surface area (Å²) >= 11 is 11.8. The largest absolute Gasteiger partial charge is 0.482 e. The molecule has 0 heterocycles. The molecule has 0 radical (unpaired) electrons. The van der Waals surface area contributed by atoms with Crippen LogP contribution in [0, 0.1) is 5.92 Å². The van der Waals surface area contributed by atoms with Gasteiger partial charge in [-0.05, 0) is 30.5 Å². The van der Waals surface area contributed by atoms with Crippen LogP contribution in [0.2, 0.25) is 10.0 Å². The predicted molar refractivity (Wildman–Crippen MR) is 88.3 cm³/mol. The molecule has 1 amide bonds. The fourth-order valence-corrected chi connectivity index (χ4v) is 2.45. The molecule has 118 valence electrons. The maximum Gasteiger partial charge on any atom is 0.257 e. The average molecular weight is 332 g/mol. The fraction of sp³-hybridized carbons (Fsp3) is 0.562. The Labute approximate surface area is 137 Å². The minimum Gasteiger partial charge on any atom is -0.482 e. The maximum atomic E-state index is 11.8. The molecule has 0 saturated heterocycles. The second kappa shape index (κ2) is 9.91. The zero-order chi connectivity index (χ0) is 15.7. The van der Waals surface area contributed by atoms with Gasteiger partial charge in [0.15, 0.2) is 6.61 Å². The van der Waals surface area contributed by atoms with Gasteiger partial charge in [0.2, 0.25) is 0 Å².